The van der Waals surface area contributed by atoms with Gasteiger partial charge in [-0.25, -0.2) is 0 Å². The van der Waals surface area contributed by atoms with Gasteiger partial charge in [0.2, 0.25) is 5.76 Å². The summed E-state index contributed by atoms with van der Waals surface area (Å²) < 4.78 is 11.4. The largest absolute Gasteiger partial charge is 0.450 e. The van der Waals surface area contributed by atoms with E-state index in [1.54, 1.807) is 23.4 Å². The molecule has 1 amide bonds. The number of hydrogen-bond donors (Lipinski definition) is 1. The van der Waals surface area contributed by atoms with Gasteiger partial charge in [0, 0.05) is 25.4 Å². The third-order valence-corrected chi connectivity index (χ3v) is 6.27. The topological polar surface area (TPSA) is 77.1 Å². The molecule has 1 atom stereocenters. The number of pyridine rings is 1. The van der Waals surface area contributed by atoms with Gasteiger partial charge in [0.1, 0.15) is 18.7 Å². The Kier molecular flexibility index (Phi) is 5.29. The molecular formula is C24H26N3O4+. The van der Waals surface area contributed by atoms with Crippen molar-refractivity contribution in [1.82, 2.24) is 9.88 Å². The summed E-state index contributed by atoms with van der Waals surface area (Å²) in [5.41, 5.74) is 2.62. The number of aromatic nitrogens is 1. The zero-order chi connectivity index (χ0) is 21.4. The predicted molar refractivity (Wildman–Crippen MR) is 115 cm³/mol. The maximum atomic E-state index is 13.5. The van der Waals surface area contributed by atoms with Crippen molar-refractivity contribution in [2.24, 2.45) is 0 Å². The number of carbonyl (C=O) groups is 1. The number of quaternary nitrogens is 1. The third-order valence-electron chi connectivity index (χ3n) is 6.27. The summed E-state index contributed by atoms with van der Waals surface area (Å²) >= 11 is 0. The standard InChI is InChI=1S/C24H25N3O4/c1-16-3-4-19-18(15-16)22(28)20-21(17-5-7-25-8-6-17)27(24(29)23(20)31-19)10-2-9-26-11-13-30-14-12-26/h3-8,15,21H,2,9-14H2,1H3/p+1/t21-/m0/s1. The second kappa shape index (κ2) is 8.24. The van der Waals surface area contributed by atoms with Gasteiger partial charge in [-0.2, -0.15) is 0 Å². The van der Waals surface area contributed by atoms with Crippen molar-refractivity contribution in [3.8, 4) is 0 Å². The monoisotopic (exact) mass is 420 g/mol. The number of carbonyl (C=O) groups excluding carboxylic acids is 1. The molecule has 0 aliphatic carbocycles. The lowest BCUT2D eigenvalue weighted by molar-refractivity contribution is -0.908. The molecule has 1 aromatic carbocycles. The smallest absolute Gasteiger partial charge is 0.290 e. The fraction of sp³-hybridized carbons (Fsp3) is 0.375. The molecule has 1 fully saturated rings. The number of nitrogens with one attached hydrogen (secondary N) is 1. The van der Waals surface area contributed by atoms with Crippen molar-refractivity contribution in [1.29, 1.82) is 0 Å². The van der Waals surface area contributed by atoms with Gasteiger partial charge in [-0.3, -0.25) is 14.6 Å². The first-order valence-corrected chi connectivity index (χ1v) is 10.8. The van der Waals surface area contributed by atoms with E-state index in [1.165, 1.54) is 4.90 Å². The Morgan fingerprint density at radius 1 is 1.13 bits per heavy atom. The number of ether oxygens (including phenoxy) is 1. The maximum Gasteiger partial charge on any atom is 0.290 e. The molecule has 5 rings (SSSR count). The molecule has 7 heteroatoms. The summed E-state index contributed by atoms with van der Waals surface area (Å²) in [7, 11) is 0. The van der Waals surface area contributed by atoms with E-state index in [0.717, 1.165) is 50.4 Å². The second-order valence-corrected chi connectivity index (χ2v) is 8.32. The average Bonchev–Trinajstić information content (AvgIpc) is 3.08. The molecule has 1 saturated heterocycles. The Balaban J connectivity index is 1.52. The SMILES string of the molecule is Cc1ccc2oc3c(c(=O)c2c1)[C@H](c1ccncc1)N(CCC[NH+]1CCOCC1)C3=O. The maximum absolute atomic E-state index is 13.5. The van der Waals surface area contributed by atoms with E-state index in [0.29, 0.717) is 23.1 Å². The van der Waals surface area contributed by atoms with Gasteiger partial charge in [0.25, 0.3) is 5.91 Å². The highest BCUT2D eigenvalue weighted by Gasteiger charge is 2.42. The van der Waals surface area contributed by atoms with Gasteiger partial charge >= 0.3 is 0 Å². The van der Waals surface area contributed by atoms with E-state index in [-0.39, 0.29) is 17.1 Å². The summed E-state index contributed by atoms with van der Waals surface area (Å²) in [5.74, 6) is -0.0461. The van der Waals surface area contributed by atoms with Crippen LogP contribution in [0.4, 0.5) is 0 Å². The number of nitrogens with zero attached hydrogens (tertiary/aromatic N) is 2. The highest BCUT2D eigenvalue weighted by atomic mass is 16.5. The van der Waals surface area contributed by atoms with Crippen LogP contribution >= 0.6 is 0 Å². The van der Waals surface area contributed by atoms with Gasteiger partial charge in [-0.05, 0) is 36.8 Å². The zero-order valence-electron chi connectivity index (χ0n) is 17.6. The lowest BCUT2D eigenvalue weighted by Crippen LogP contribution is -3.14. The number of morpholine rings is 1. The normalized spacial score (nSPS) is 19.2. The van der Waals surface area contributed by atoms with Crippen LogP contribution in [0.25, 0.3) is 11.0 Å². The van der Waals surface area contributed by atoms with E-state index in [9.17, 15) is 9.59 Å². The average molecular weight is 420 g/mol. The van der Waals surface area contributed by atoms with E-state index >= 15 is 0 Å². The minimum absolute atomic E-state index is 0.128. The van der Waals surface area contributed by atoms with Crippen molar-refractivity contribution >= 4 is 16.9 Å². The van der Waals surface area contributed by atoms with Crippen LogP contribution in [0.3, 0.4) is 0 Å². The fourth-order valence-electron chi connectivity index (χ4n) is 4.67. The molecule has 1 N–H and O–H groups in total. The minimum Gasteiger partial charge on any atom is -0.450 e. The van der Waals surface area contributed by atoms with Gasteiger partial charge in [0.05, 0.1) is 36.8 Å². The number of rotatable bonds is 5. The summed E-state index contributed by atoms with van der Waals surface area (Å²) in [6, 6.07) is 8.78. The van der Waals surface area contributed by atoms with Crippen molar-refractivity contribution in [2.75, 3.05) is 39.4 Å². The Morgan fingerprint density at radius 3 is 2.68 bits per heavy atom. The van der Waals surface area contributed by atoms with Crippen molar-refractivity contribution in [3.63, 3.8) is 0 Å². The highest BCUT2D eigenvalue weighted by molar-refractivity contribution is 5.99. The Labute approximate surface area is 180 Å². The molecular weight excluding hydrogens is 394 g/mol. The first kappa shape index (κ1) is 19.9. The van der Waals surface area contributed by atoms with Crippen LogP contribution in [0.1, 0.15) is 39.7 Å². The minimum atomic E-state index is -0.452. The number of fused-ring (bicyclic) bond motifs is 2. The van der Waals surface area contributed by atoms with Crippen molar-refractivity contribution < 1.29 is 18.8 Å². The second-order valence-electron chi connectivity index (χ2n) is 8.32. The first-order chi connectivity index (χ1) is 15.1. The zero-order valence-corrected chi connectivity index (χ0v) is 17.6. The van der Waals surface area contributed by atoms with E-state index in [4.69, 9.17) is 9.15 Å². The molecule has 2 aromatic heterocycles. The molecule has 4 heterocycles. The number of aryl methyl sites for hydroxylation is 1. The van der Waals surface area contributed by atoms with E-state index in [2.05, 4.69) is 4.98 Å². The Bertz CT molecular complexity index is 1170. The van der Waals surface area contributed by atoms with Gasteiger partial charge in [-0.15, -0.1) is 0 Å². The van der Waals surface area contributed by atoms with Crippen LogP contribution in [0.5, 0.6) is 0 Å². The molecule has 2 aliphatic rings. The molecule has 0 bridgehead atoms. The lowest BCUT2D eigenvalue weighted by Gasteiger charge is -2.27. The van der Waals surface area contributed by atoms with Crippen LogP contribution in [0.15, 0.2) is 51.9 Å². The third kappa shape index (κ3) is 3.64. The van der Waals surface area contributed by atoms with Gasteiger partial charge < -0.3 is 19.0 Å². The molecule has 160 valence electrons. The van der Waals surface area contributed by atoms with Crippen LogP contribution in [-0.2, 0) is 4.74 Å². The number of hydrogen-bond acceptors (Lipinski definition) is 5. The fourth-order valence-corrected chi connectivity index (χ4v) is 4.67. The first-order valence-electron chi connectivity index (χ1n) is 10.8. The summed E-state index contributed by atoms with van der Waals surface area (Å²) in [4.78, 5) is 34.3. The molecule has 3 aromatic rings. The molecule has 2 aliphatic heterocycles. The quantitative estimate of drug-likeness (QED) is 0.674. The van der Waals surface area contributed by atoms with E-state index < -0.39 is 6.04 Å². The van der Waals surface area contributed by atoms with Crippen LogP contribution in [0.2, 0.25) is 0 Å². The van der Waals surface area contributed by atoms with Crippen LogP contribution < -0.4 is 10.3 Å². The van der Waals surface area contributed by atoms with Crippen LogP contribution in [-0.4, -0.2) is 55.2 Å². The molecule has 0 saturated carbocycles. The molecule has 0 radical (unpaired) electrons. The Morgan fingerprint density at radius 2 is 1.90 bits per heavy atom. The molecule has 31 heavy (non-hydrogen) atoms. The van der Waals surface area contributed by atoms with Crippen molar-refractivity contribution in [2.45, 2.75) is 19.4 Å². The summed E-state index contributed by atoms with van der Waals surface area (Å²) in [6.45, 7) is 7.03. The van der Waals surface area contributed by atoms with Gasteiger partial charge in [-0.1, -0.05) is 11.6 Å². The summed E-state index contributed by atoms with van der Waals surface area (Å²) in [5, 5.41) is 0.519. The van der Waals surface area contributed by atoms with Crippen LogP contribution in [0, 0.1) is 6.92 Å². The Hall–Kier alpha value is -3.03. The molecule has 0 spiro atoms. The lowest BCUT2D eigenvalue weighted by atomic mass is 9.99. The highest BCUT2D eigenvalue weighted by Crippen LogP contribution is 2.37. The summed E-state index contributed by atoms with van der Waals surface area (Å²) in [6.07, 6.45) is 4.24. The molecule has 0 unspecified atom stereocenters. The number of amides is 1. The molecule has 7 nitrogen and oxygen atoms in total. The van der Waals surface area contributed by atoms with E-state index in [1.807, 2.05) is 31.2 Å². The van der Waals surface area contributed by atoms with Gasteiger partial charge in [0.15, 0.2) is 5.43 Å². The van der Waals surface area contributed by atoms with Crippen molar-refractivity contribution in [3.05, 3.63) is 75.4 Å². The predicted octanol–water partition coefficient (Wildman–Crippen LogP) is 1.35. The number of benzene rings is 1.